The van der Waals surface area contributed by atoms with Crippen molar-refractivity contribution in [1.82, 2.24) is 5.32 Å². The van der Waals surface area contributed by atoms with Crippen molar-refractivity contribution >= 4 is 45.8 Å². The van der Waals surface area contributed by atoms with Crippen LogP contribution in [0.3, 0.4) is 0 Å². The molecule has 3 N–H and O–H groups in total. The third-order valence-electron chi connectivity index (χ3n) is 3.91. The lowest BCUT2D eigenvalue weighted by Gasteiger charge is -2.21. The molecule has 9 nitrogen and oxygen atoms in total. The van der Waals surface area contributed by atoms with Crippen LogP contribution in [0.25, 0.3) is 0 Å². The van der Waals surface area contributed by atoms with Crippen LogP contribution in [-0.2, 0) is 9.59 Å². The number of nitrogens with zero attached hydrogens (tertiary/aromatic N) is 2. The average Bonchev–Trinajstić information content (AvgIpc) is 3.02. The number of benzene rings is 2. The minimum Gasteiger partial charge on any atom is -0.733 e. The molecular formula is C19H19N4O5S-. The van der Waals surface area contributed by atoms with E-state index in [0.29, 0.717) is 28.9 Å². The Morgan fingerprint density at radius 2 is 2.03 bits per heavy atom. The van der Waals surface area contributed by atoms with Gasteiger partial charge in [0.05, 0.1) is 23.7 Å². The van der Waals surface area contributed by atoms with Crippen LogP contribution in [0.15, 0.2) is 53.5 Å². The first-order chi connectivity index (χ1) is 14.0. The van der Waals surface area contributed by atoms with Crippen molar-refractivity contribution in [2.45, 2.75) is 18.6 Å². The summed E-state index contributed by atoms with van der Waals surface area (Å²) >= 11 is 1.15. The Hall–Kier alpha value is -3.08. The molecule has 2 aromatic rings. The predicted molar refractivity (Wildman–Crippen MR) is 112 cm³/mol. The van der Waals surface area contributed by atoms with Crippen molar-refractivity contribution in [1.29, 1.82) is 0 Å². The number of anilines is 2. The lowest BCUT2D eigenvalue weighted by molar-refractivity contribution is -0.122. The minimum atomic E-state index is -0.609. The molecule has 1 fully saturated rings. The molecule has 1 heterocycles. The van der Waals surface area contributed by atoms with E-state index in [9.17, 15) is 14.8 Å². The largest absolute Gasteiger partial charge is 0.733 e. The number of amides is 2. The van der Waals surface area contributed by atoms with E-state index in [1.807, 2.05) is 13.0 Å². The molecule has 0 aromatic heterocycles. The lowest BCUT2D eigenvalue weighted by atomic mass is 10.2. The van der Waals surface area contributed by atoms with E-state index in [0.717, 1.165) is 11.8 Å². The number of rotatable bonds is 7. The molecule has 0 bridgehead atoms. The molecule has 1 unspecified atom stereocenters. The zero-order valence-corrected chi connectivity index (χ0v) is 16.3. The van der Waals surface area contributed by atoms with Gasteiger partial charge in [-0.1, -0.05) is 23.9 Å². The van der Waals surface area contributed by atoms with E-state index in [1.54, 1.807) is 18.2 Å². The molecule has 0 spiro atoms. The summed E-state index contributed by atoms with van der Waals surface area (Å²) in [5.41, 5.74) is 1.11. The number of ether oxygens (including phenoxy) is 1. The fourth-order valence-corrected chi connectivity index (χ4v) is 3.57. The molecule has 0 aliphatic carbocycles. The molecule has 1 aliphatic heterocycles. The van der Waals surface area contributed by atoms with Gasteiger partial charge in [-0.2, -0.15) is 0 Å². The first-order valence-electron chi connectivity index (χ1n) is 8.80. The lowest BCUT2D eigenvalue weighted by Crippen LogP contribution is -2.28. The summed E-state index contributed by atoms with van der Waals surface area (Å²) in [5.74, 6) is -0.0503. The monoisotopic (exact) mass is 415 g/mol. The Bertz CT molecular complexity index is 917. The van der Waals surface area contributed by atoms with Crippen molar-refractivity contribution in [3.05, 3.63) is 53.7 Å². The summed E-state index contributed by atoms with van der Waals surface area (Å²) in [6.07, 6.45) is -0.0232. The van der Waals surface area contributed by atoms with Crippen molar-refractivity contribution in [3.63, 3.8) is 0 Å². The van der Waals surface area contributed by atoms with Crippen LogP contribution in [0.2, 0.25) is 0 Å². The summed E-state index contributed by atoms with van der Waals surface area (Å²) in [6, 6.07) is 12.9. The summed E-state index contributed by atoms with van der Waals surface area (Å²) in [7, 11) is 0. The molecule has 1 saturated heterocycles. The van der Waals surface area contributed by atoms with Gasteiger partial charge in [0.25, 0.3) is 0 Å². The fraction of sp³-hybridized carbons (Fsp3) is 0.211. The predicted octanol–water partition coefficient (Wildman–Crippen LogP) is 3.03. The number of para-hydroxylation sites is 2. The van der Waals surface area contributed by atoms with Gasteiger partial charge >= 0.3 is 0 Å². The van der Waals surface area contributed by atoms with E-state index >= 15 is 0 Å². The Labute approximate surface area is 171 Å². The topological polar surface area (TPSA) is 126 Å². The Balaban J connectivity index is 1.61. The summed E-state index contributed by atoms with van der Waals surface area (Å²) in [5, 5.41) is 24.6. The maximum absolute atomic E-state index is 12.4. The Morgan fingerprint density at radius 3 is 2.72 bits per heavy atom. The summed E-state index contributed by atoms with van der Waals surface area (Å²) in [4.78, 5) is 28.8. The van der Waals surface area contributed by atoms with Crippen LogP contribution in [0, 0.1) is 5.21 Å². The zero-order chi connectivity index (χ0) is 20.8. The molecule has 0 saturated carbocycles. The van der Waals surface area contributed by atoms with Crippen LogP contribution in [0.4, 0.5) is 17.1 Å². The van der Waals surface area contributed by atoms with Gasteiger partial charge in [0.15, 0.2) is 5.17 Å². The summed E-state index contributed by atoms with van der Waals surface area (Å²) < 4.78 is 5.48. The molecule has 1 aliphatic rings. The molecule has 2 amide bonds. The number of carbonyl (C=O) groups excluding carboxylic acids is 2. The Morgan fingerprint density at radius 1 is 1.31 bits per heavy atom. The highest BCUT2D eigenvalue weighted by molar-refractivity contribution is 8.15. The number of amidine groups is 1. The van der Waals surface area contributed by atoms with Gasteiger partial charge in [0, 0.05) is 6.42 Å². The van der Waals surface area contributed by atoms with E-state index in [1.165, 1.54) is 24.3 Å². The number of nitrogens with one attached hydrogen (secondary N) is 2. The van der Waals surface area contributed by atoms with Crippen LogP contribution in [0.5, 0.6) is 5.75 Å². The quantitative estimate of drug-likeness (QED) is 0.593. The first kappa shape index (κ1) is 20.6. The highest BCUT2D eigenvalue weighted by atomic mass is 32.2. The first-order valence-corrected chi connectivity index (χ1v) is 9.68. The highest BCUT2D eigenvalue weighted by Gasteiger charge is 2.32. The number of aliphatic imine (C=N–C) groups is 1. The van der Waals surface area contributed by atoms with Gasteiger partial charge < -0.3 is 25.8 Å². The van der Waals surface area contributed by atoms with Crippen molar-refractivity contribution in [3.8, 4) is 5.75 Å². The van der Waals surface area contributed by atoms with Gasteiger partial charge in [-0.15, -0.1) is 0 Å². The van der Waals surface area contributed by atoms with Gasteiger partial charge in [0.2, 0.25) is 11.8 Å². The van der Waals surface area contributed by atoms with Gasteiger partial charge in [-0.3, -0.25) is 14.8 Å². The SMILES string of the molecule is CCOc1ccccc1NC(=O)CC1SC(=Nc2ccc(N([O-])O)cc2)NC1=O. The second-order valence-corrected chi connectivity index (χ2v) is 7.17. The maximum atomic E-state index is 12.4. The fourth-order valence-electron chi connectivity index (χ4n) is 2.59. The highest BCUT2D eigenvalue weighted by Crippen LogP contribution is 2.28. The zero-order valence-electron chi connectivity index (χ0n) is 15.5. The van der Waals surface area contributed by atoms with Gasteiger partial charge in [0.1, 0.15) is 11.0 Å². The average molecular weight is 415 g/mol. The van der Waals surface area contributed by atoms with Gasteiger partial charge in [-0.25, -0.2) is 4.99 Å². The third-order valence-corrected chi connectivity index (χ3v) is 4.99. The number of thioether (sulfide) groups is 1. The second-order valence-electron chi connectivity index (χ2n) is 5.98. The van der Waals surface area contributed by atoms with E-state index in [4.69, 9.17) is 9.94 Å². The molecular weight excluding hydrogens is 396 g/mol. The van der Waals surface area contributed by atoms with Crippen molar-refractivity contribution < 1.29 is 19.5 Å². The normalized spacial score (nSPS) is 17.1. The minimum absolute atomic E-state index is 0.0232. The molecule has 10 heteroatoms. The number of carbonyl (C=O) groups is 2. The van der Waals surface area contributed by atoms with Gasteiger partial charge in [-0.05, 0) is 43.3 Å². The van der Waals surface area contributed by atoms with E-state index < -0.39 is 5.25 Å². The third kappa shape index (κ3) is 5.47. The van der Waals surface area contributed by atoms with Crippen LogP contribution in [-0.4, -0.2) is 34.0 Å². The van der Waals surface area contributed by atoms with E-state index in [-0.39, 0.29) is 29.1 Å². The molecule has 1 atom stereocenters. The second kappa shape index (κ2) is 9.41. The molecule has 3 rings (SSSR count). The van der Waals surface area contributed by atoms with Crippen molar-refractivity contribution in [2.75, 3.05) is 17.2 Å². The standard InChI is InChI=1S/C19H19N4O5S/c1-2-28-15-6-4-3-5-14(15)21-17(24)11-16-18(25)22-19(29-16)20-12-7-9-13(10-8-12)23(26)27/h3-10,16,26H,2,11H2,1H3,(H,21,24)(H,20,22,25)/q-1. The number of hydrogen-bond acceptors (Lipinski definition) is 8. The van der Waals surface area contributed by atoms with Crippen LogP contribution in [0.1, 0.15) is 13.3 Å². The van der Waals surface area contributed by atoms with E-state index in [2.05, 4.69) is 15.6 Å². The van der Waals surface area contributed by atoms with Crippen LogP contribution < -0.4 is 20.6 Å². The Kier molecular flexibility index (Phi) is 6.70. The maximum Gasteiger partial charge on any atom is 0.240 e. The van der Waals surface area contributed by atoms with Crippen molar-refractivity contribution in [2.24, 2.45) is 4.99 Å². The summed E-state index contributed by atoms with van der Waals surface area (Å²) in [6.45, 7) is 2.33. The van der Waals surface area contributed by atoms with Crippen LogP contribution >= 0.6 is 11.8 Å². The molecule has 2 aromatic carbocycles. The smallest absolute Gasteiger partial charge is 0.240 e. The molecule has 29 heavy (non-hydrogen) atoms. The number of hydrogen-bond donors (Lipinski definition) is 3. The molecule has 0 radical (unpaired) electrons. The molecule has 152 valence electrons.